The molecule has 1 N–H and O–H groups in total. The first kappa shape index (κ1) is 22.5. The number of nitrogens with one attached hydrogen (secondary N) is 1. The molecule has 0 spiro atoms. The Balaban J connectivity index is 1.59. The van der Waals surface area contributed by atoms with E-state index < -0.39 is 16.1 Å². The highest BCUT2D eigenvalue weighted by molar-refractivity contribution is 7.89. The molecule has 0 saturated heterocycles. The third kappa shape index (κ3) is 4.29. The van der Waals surface area contributed by atoms with Crippen molar-refractivity contribution in [3.05, 3.63) is 53.6 Å². The number of anilines is 2. The molecule has 2 heterocycles. The zero-order valence-corrected chi connectivity index (χ0v) is 19.5. The fraction of sp³-hybridized carbons (Fsp3) is 0.417. The molecule has 7 nitrogen and oxygen atoms in total. The van der Waals surface area contributed by atoms with Gasteiger partial charge in [-0.1, -0.05) is 32.0 Å². The lowest BCUT2D eigenvalue weighted by Crippen LogP contribution is -2.48. The maximum absolute atomic E-state index is 13.4. The highest BCUT2D eigenvalue weighted by Crippen LogP contribution is 2.31. The van der Waals surface area contributed by atoms with Crippen molar-refractivity contribution in [3.63, 3.8) is 0 Å². The molecule has 2 aromatic carbocycles. The van der Waals surface area contributed by atoms with Crippen molar-refractivity contribution < 1.29 is 18.0 Å². The van der Waals surface area contributed by atoms with Crippen LogP contribution in [0.3, 0.4) is 0 Å². The second-order valence-corrected chi connectivity index (χ2v) is 10.6. The van der Waals surface area contributed by atoms with E-state index in [9.17, 15) is 18.0 Å². The molecule has 0 bridgehead atoms. The fourth-order valence-electron chi connectivity index (χ4n) is 4.55. The summed E-state index contributed by atoms with van der Waals surface area (Å²) in [7, 11) is -3.92. The van der Waals surface area contributed by atoms with Crippen molar-refractivity contribution in [1.82, 2.24) is 4.72 Å². The van der Waals surface area contributed by atoms with Gasteiger partial charge in [-0.15, -0.1) is 0 Å². The van der Waals surface area contributed by atoms with Gasteiger partial charge in [0.05, 0.1) is 4.90 Å². The average Bonchev–Trinajstić information content (AvgIpc) is 3.36. The van der Waals surface area contributed by atoms with E-state index in [-0.39, 0.29) is 22.6 Å². The Labute approximate surface area is 189 Å². The summed E-state index contributed by atoms with van der Waals surface area (Å²) < 4.78 is 29.2. The molecular weight excluding hydrogens is 426 g/mol. The number of nitrogens with zero attached hydrogens (tertiary/aromatic N) is 2. The van der Waals surface area contributed by atoms with Gasteiger partial charge in [0, 0.05) is 31.4 Å². The van der Waals surface area contributed by atoms with Gasteiger partial charge in [0.1, 0.15) is 6.04 Å². The molecule has 0 fully saturated rings. The van der Waals surface area contributed by atoms with Crippen LogP contribution in [0.4, 0.5) is 11.4 Å². The molecule has 1 unspecified atom stereocenters. The monoisotopic (exact) mass is 455 g/mol. The topological polar surface area (TPSA) is 86.8 Å². The molecule has 0 saturated carbocycles. The third-order valence-corrected chi connectivity index (χ3v) is 7.56. The van der Waals surface area contributed by atoms with E-state index in [2.05, 4.69) is 4.72 Å². The predicted octanol–water partition coefficient (Wildman–Crippen LogP) is 2.88. The molecule has 2 aliphatic heterocycles. The maximum atomic E-state index is 13.4. The Morgan fingerprint density at radius 2 is 1.62 bits per heavy atom. The van der Waals surface area contributed by atoms with Crippen LogP contribution < -0.4 is 14.5 Å². The molecule has 2 aromatic rings. The molecule has 2 aliphatic rings. The Morgan fingerprint density at radius 3 is 2.34 bits per heavy atom. The van der Waals surface area contributed by atoms with Crippen molar-refractivity contribution in [3.8, 4) is 0 Å². The van der Waals surface area contributed by atoms with Gasteiger partial charge in [0.2, 0.25) is 21.8 Å². The lowest BCUT2D eigenvalue weighted by Gasteiger charge is -2.26. The third-order valence-electron chi connectivity index (χ3n) is 6.09. The number of sulfonamides is 1. The van der Waals surface area contributed by atoms with Crippen LogP contribution in [0.1, 0.15) is 38.3 Å². The van der Waals surface area contributed by atoms with Crippen LogP contribution in [0.15, 0.2) is 47.4 Å². The Hall–Kier alpha value is -2.71. The van der Waals surface area contributed by atoms with Gasteiger partial charge in [-0.3, -0.25) is 9.59 Å². The van der Waals surface area contributed by atoms with Gasteiger partial charge in [-0.05, 0) is 60.6 Å². The number of rotatable bonds is 6. The van der Waals surface area contributed by atoms with E-state index in [1.54, 1.807) is 21.9 Å². The summed E-state index contributed by atoms with van der Waals surface area (Å²) >= 11 is 0. The molecule has 0 radical (unpaired) electrons. The molecule has 8 heteroatoms. The minimum absolute atomic E-state index is 0.0639. The number of para-hydroxylation sites is 1. The van der Waals surface area contributed by atoms with Crippen LogP contribution in [0.25, 0.3) is 0 Å². The van der Waals surface area contributed by atoms with Gasteiger partial charge >= 0.3 is 0 Å². The maximum Gasteiger partial charge on any atom is 0.245 e. The number of benzene rings is 2. The first-order chi connectivity index (χ1) is 15.2. The second kappa shape index (κ2) is 8.67. The number of carbonyl (C=O) groups excluding carboxylic acids is 2. The highest BCUT2D eigenvalue weighted by atomic mass is 32.2. The number of carbonyl (C=O) groups is 2. The molecule has 1 atom stereocenters. The highest BCUT2D eigenvalue weighted by Gasteiger charge is 2.34. The first-order valence-corrected chi connectivity index (χ1v) is 12.5. The molecule has 0 aliphatic carbocycles. The summed E-state index contributed by atoms with van der Waals surface area (Å²) in [6.45, 7) is 6.54. The van der Waals surface area contributed by atoms with E-state index in [4.69, 9.17) is 0 Å². The van der Waals surface area contributed by atoms with E-state index in [1.165, 1.54) is 13.0 Å². The SMILES string of the molecule is CC(=O)N1CCc2cc(S(=O)(=O)NC(CC(C)C)C(=O)N3CCc4ccccc43)ccc21. The summed E-state index contributed by atoms with van der Waals surface area (Å²) in [6, 6.07) is 11.7. The Morgan fingerprint density at radius 1 is 0.969 bits per heavy atom. The fourth-order valence-corrected chi connectivity index (χ4v) is 5.81. The van der Waals surface area contributed by atoms with Gasteiger partial charge < -0.3 is 9.80 Å². The van der Waals surface area contributed by atoms with Crippen molar-refractivity contribution in [2.24, 2.45) is 5.92 Å². The summed E-state index contributed by atoms with van der Waals surface area (Å²) in [5.74, 6) is -0.157. The predicted molar refractivity (Wildman–Crippen MR) is 124 cm³/mol. The van der Waals surface area contributed by atoms with Gasteiger partial charge in [0.15, 0.2) is 0 Å². The number of amides is 2. The van der Waals surface area contributed by atoms with Gasteiger partial charge in [0.25, 0.3) is 0 Å². The van der Waals surface area contributed by atoms with Gasteiger partial charge in [-0.2, -0.15) is 4.72 Å². The van der Waals surface area contributed by atoms with Crippen LogP contribution in [0.2, 0.25) is 0 Å². The minimum atomic E-state index is -3.92. The zero-order chi connectivity index (χ0) is 23.0. The molecule has 4 rings (SSSR count). The smallest absolute Gasteiger partial charge is 0.245 e. The summed E-state index contributed by atoms with van der Waals surface area (Å²) in [5.41, 5.74) is 3.52. The molecule has 2 amide bonds. The van der Waals surface area contributed by atoms with Crippen LogP contribution >= 0.6 is 0 Å². The Kier molecular flexibility index (Phi) is 6.09. The van der Waals surface area contributed by atoms with E-state index >= 15 is 0 Å². The Bertz CT molecular complexity index is 1160. The largest absolute Gasteiger partial charge is 0.312 e. The zero-order valence-electron chi connectivity index (χ0n) is 18.7. The minimum Gasteiger partial charge on any atom is -0.312 e. The van der Waals surface area contributed by atoms with Crippen molar-refractivity contribution in [1.29, 1.82) is 0 Å². The molecule has 170 valence electrons. The van der Waals surface area contributed by atoms with Gasteiger partial charge in [-0.25, -0.2) is 8.42 Å². The van der Waals surface area contributed by atoms with Crippen LogP contribution in [0, 0.1) is 5.92 Å². The average molecular weight is 456 g/mol. The van der Waals surface area contributed by atoms with Crippen molar-refractivity contribution in [2.75, 3.05) is 22.9 Å². The second-order valence-electron chi connectivity index (χ2n) is 8.88. The lowest BCUT2D eigenvalue weighted by atomic mass is 10.0. The quantitative estimate of drug-likeness (QED) is 0.726. The number of hydrogen-bond donors (Lipinski definition) is 1. The van der Waals surface area contributed by atoms with Crippen molar-refractivity contribution in [2.45, 2.75) is 51.0 Å². The summed E-state index contributed by atoms with van der Waals surface area (Å²) in [4.78, 5) is 28.6. The van der Waals surface area contributed by atoms with Crippen molar-refractivity contribution >= 4 is 33.2 Å². The molecule has 0 aromatic heterocycles. The van der Waals surface area contributed by atoms with Crippen LogP contribution in [-0.2, 0) is 32.5 Å². The standard InChI is InChI=1S/C24H29N3O4S/c1-16(2)14-21(24(29)27-13-10-18-6-4-5-7-22(18)27)25-32(30,31)20-8-9-23-19(15-20)11-12-26(23)17(3)28/h4-9,15-16,21,25H,10-14H2,1-3H3. The lowest BCUT2D eigenvalue weighted by molar-refractivity contribution is -0.120. The summed E-state index contributed by atoms with van der Waals surface area (Å²) in [5, 5.41) is 0. The van der Waals surface area contributed by atoms with E-state index in [0.29, 0.717) is 25.9 Å². The normalized spacial score (nSPS) is 16.2. The van der Waals surface area contributed by atoms with E-state index in [1.807, 2.05) is 38.1 Å². The van der Waals surface area contributed by atoms with Crippen LogP contribution in [-0.4, -0.2) is 39.4 Å². The number of fused-ring (bicyclic) bond motifs is 2. The summed E-state index contributed by atoms with van der Waals surface area (Å²) in [6.07, 6.45) is 1.78. The molecular formula is C24H29N3O4S. The van der Waals surface area contributed by atoms with Crippen LogP contribution in [0.5, 0.6) is 0 Å². The van der Waals surface area contributed by atoms with E-state index in [0.717, 1.165) is 28.9 Å². The first-order valence-electron chi connectivity index (χ1n) is 11.0. The number of hydrogen-bond acceptors (Lipinski definition) is 4. The molecule has 32 heavy (non-hydrogen) atoms.